The van der Waals surface area contributed by atoms with Gasteiger partial charge in [0.15, 0.2) is 6.29 Å². The van der Waals surface area contributed by atoms with E-state index in [1.165, 1.54) is 6.07 Å². The monoisotopic (exact) mass is 300 g/mol. The SMILES string of the molecule is O=Cc1ccc(-c2cccc(C(F)(F)F)c2)c2ccccc12. The summed E-state index contributed by atoms with van der Waals surface area (Å²) in [5.74, 6) is 0. The number of hydrogen-bond donors (Lipinski definition) is 0. The third-order valence-electron chi connectivity index (χ3n) is 3.59. The van der Waals surface area contributed by atoms with Gasteiger partial charge in [0.05, 0.1) is 5.56 Å². The summed E-state index contributed by atoms with van der Waals surface area (Å²) in [7, 11) is 0. The summed E-state index contributed by atoms with van der Waals surface area (Å²) < 4.78 is 38.6. The van der Waals surface area contributed by atoms with Gasteiger partial charge in [-0.3, -0.25) is 4.79 Å². The number of benzene rings is 3. The van der Waals surface area contributed by atoms with Crippen LogP contribution in [0.5, 0.6) is 0 Å². The predicted octanol–water partition coefficient (Wildman–Crippen LogP) is 5.34. The predicted molar refractivity (Wildman–Crippen MR) is 79.8 cm³/mol. The molecule has 3 aromatic carbocycles. The molecule has 0 N–H and O–H groups in total. The molecule has 4 heteroatoms. The lowest BCUT2D eigenvalue weighted by atomic mass is 9.94. The van der Waals surface area contributed by atoms with E-state index in [2.05, 4.69) is 0 Å². The fraction of sp³-hybridized carbons (Fsp3) is 0.0556. The van der Waals surface area contributed by atoms with Crippen LogP contribution in [-0.4, -0.2) is 6.29 Å². The maximum atomic E-state index is 12.9. The summed E-state index contributed by atoms with van der Waals surface area (Å²) in [5, 5.41) is 1.49. The molecule has 0 heterocycles. The number of rotatable bonds is 2. The molecule has 0 saturated heterocycles. The van der Waals surface area contributed by atoms with Crippen LogP contribution in [0.2, 0.25) is 0 Å². The van der Waals surface area contributed by atoms with Gasteiger partial charge in [-0.25, -0.2) is 0 Å². The summed E-state index contributed by atoms with van der Waals surface area (Å²) in [5.41, 5.74) is 0.982. The Hall–Kier alpha value is -2.62. The van der Waals surface area contributed by atoms with E-state index >= 15 is 0 Å². The van der Waals surface area contributed by atoms with Gasteiger partial charge in [0.25, 0.3) is 0 Å². The first-order chi connectivity index (χ1) is 10.5. The van der Waals surface area contributed by atoms with Gasteiger partial charge >= 0.3 is 6.18 Å². The van der Waals surface area contributed by atoms with Crippen LogP contribution in [0.25, 0.3) is 21.9 Å². The van der Waals surface area contributed by atoms with Crippen molar-refractivity contribution in [3.63, 3.8) is 0 Å². The Morgan fingerprint density at radius 3 is 2.23 bits per heavy atom. The Morgan fingerprint density at radius 1 is 0.818 bits per heavy atom. The first kappa shape index (κ1) is 14.3. The molecule has 1 nitrogen and oxygen atoms in total. The van der Waals surface area contributed by atoms with Crippen LogP contribution in [-0.2, 0) is 6.18 Å². The van der Waals surface area contributed by atoms with Crippen molar-refractivity contribution < 1.29 is 18.0 Å². The zero-order valence-corrected chi connectivity index (χ0v) is 11.4. The molecule has 0 atom stereocenters. The van der Waals surface area contributed by atoms with E-state index in [1.807, 2.05) is 0 Å². The summed E-state index contributed by atoms with van der Waals surface area (Å²) >= 11 is 0. The normalized spacial score (nSPS) is 11.6. The smallest absolute Gasteiger partial charge is 0.298 e. The fourth-order valence-corrected chi connectivity index (χ4v) is 2.54. The number of hydrogen-bond acceptors (Lipinski definition) is 1. The van der Waals surface area contributed by atoms with Crippen molar-refractivity contribution in [3.05, 3.63) is 71.8 Å². The first-order valence-electron chi connectivity index (χ1n) is 6.65. The average molecular weight is 300 g/mol. The zero-order chi connectivity index (χ0) is 15.7. The second-order valence-electron chi connectivity index (χ2n) is 4.94. The van der Waals surface area contributed by atoms with Crippen LogP contribution < -0.4 is 0 Å². The number of halogens is 3. The molecule has 110 valence electrons. The molecule has 0 radical (unpaired) electrons. The van der Waals surface area contributed by atoms with E-state index in [1.54, 1.807) is 42.5 Å². The summed E-state index contributed by atoms with van der Waals surface area (Å²) in [6.45, 7) is 0. The molecular weight excluding hydrogens is 289 g/mol. The lowest BCUT2D eigenvalue weighted by Gasteiger charge is -2.11. The number of alkyl halides is 3. The molecule has 0 unspecified atom stereocenters. The Labute approximate surface area is 125 Å². The van der Waals surface area contributed by atoms with Crippen LogP contribution in [0, 0.1) is 0 Å². The van der Waals surface area contributed by atoms with Gasteiger partial charge < -0.3 is 0 Å². The van der Waals surface area contributed by atoms with Gasteiger partial charge in [-0.2, -0.15) is 13.2 Å². The van der Waals surface area contributed by atoms with Gasteiger partial charge in [0.1, 0.15) is 0 Å². The molecule has 3 aromatic rings. The lowest BCUT2D eigenvalue weighted by Crippen LogP contribution is -2.04. The van der Waals surface area contributed by atoms with Crippen molar-refractivity contribution in [1.29, 1.82) is 0 Å². The van der Waals surface area contributed by atoms with Crippen molar-refractivity contribution >= 4 is 17.1 Å². The molecule has 0 bridgehead atoms. The van der Waals surface area contributed by atoms with Crippen LogP contribution in [0.4, 0.5) is 13.2 Å². The molecule has 0 spiro atoms. The second-order valence-corrected chi connectivity index (χ2v) is 4.94. The van der Waals surface area contributed by atoms with Crippen LogP contribution in [0.1, 0.15) is 15.9 Å². The molecule has 0 aliphatic heterocycles. The molecule has 0 saturated carbocycles. The van der Waals surface area contributed by atoms with Gasteiger partial charge in [-0.1, -0.05) is 48.5 Å². The highest BCUT2D eigenvalue weighted by molar-refractivity contribution is 6.05. The van der Waals surface area contributed by atoms with Crippen LogP contribution in [0.15, 0.2) is 60.7 Å². The van der Waals surface area contributed by atoms with E-state index in [0.29, 0.717) is 16.7 Å². The first-order valence-corrected chi connectivity index (χ1v) is 6.65. The standard InChI is InChI=1S/C18H11F3O/c19-18(20,21)14-5-3-4-12(10-14)16-9-8-13(11-22)15-6-1-2-7-17(15)16/h1-11H. The Kier molecular flexibility index (Phi) is 3.45. The largest absolute Gasteiger partial charge is 0.416 e. The van der Waals surface area contributed by atoms with Crippen LogP contribution in [0.3, 0.4) is 0 Å². The fourth-order valence-electron chi connectivity index (χ4n) is 2.54. The minimum absolute atomic E-state index is 0.475. The maximum absolute atomic E-state index is 12.9. The molecule has 0 fully saturated rings. The number of carbonyl (C=O) groups excluding carboxylic acids is 1. The highest BCUT2D eigenvalue weighted by Crippen LogP contribution is 2.35. The van der Waals surface area contributed by atoms with Gasteiger partial charge in [0, 0.05) is 5.56 Å². The van der Waals surface area contributed by atoms with Crippen molar-refractivity contribution in [2.75, 3.05) is 0 Å². The van der Waals surface area contributed by atoms with Gasteiger partial charge in [-0.05, 0) is 34.0 Å². The summed E-state index contributed by atoms with van der Waals surface area (Å²) in [4.78, 5) is 11.1. The molecule has 0 aliphatic carbocycles. The minimum Gasteiger partial charge on any atom is -0.298 e. The lowest BCUT2D eigenvalue weighted by molar-refractivity contribution is -0.137. The Balaban J connectivity index is 2.26. The zero-order valence-electron chi connectivity index (χ0n) is 11.4. The molecule has 22 heavy (non-hydrogen) atoms. The highest BCUT2D eigenvalue weighted by Gasteiger charge is 2.30. The van der Waals surface area contributed by atoms with Gasteiger partial charge in [-0.15, -0.1) is 0 Å². The Bertz CT molecular complexity index is 850. The molecular formula is C18H11F3O. The summed E-state index contributed by atoms with van der Waals surface area (Å²) in [6.07, 6.45) is -3.63. The quantitative estimate of drug-likeness (QED) is 0.584. The third-order valence-corrected chi connectivity index (χ3v) is 3.59. The molecule has 0 aromatic heterocycles. The molecule has 0 amide bonds. The van der Waals surface area contributed by atoms with E-state index in [0.717, 1.165) is 29.2 Å². The molecule has 3 rings (SSSR count). The van der Waals surface area contributed by atoms with E-state index in [9.17, 15) is 18.0 Å². The number of carbonyl (C=O) groups is 1. The minimum atomic E-state index is -4.38. The van der Waals surface area contributed by atoms with Crippen molar-refractivity contribution in [1.82, 2.24) is 0 Å². The number of aldehydes is 1. The van der Waals surface area contributed by atoms with E-state index in [-0.39, 0.29) is 0 Å². The molecule has 0 aliphatic rings. The third kappa shape index (κ3) is 2.48. The van der Waals surface area contributed by atoms with Crippen LogP contribution >= 0.6 is 0 Å². The van der Waals surface area contributed by atoms with Crippen molar-refractivity contribution in [3.8, 4) is 11.1 Å². The average Bonchev–Trinajstić information content (AvgIpc) is 2.53. The van der Waals surface area contributed by atoms with Crippen molar-refractivity contribution in [2.24, 2.45) is 0 Å². The van der Waals surface area contributed by atoms with Crippen molar-refractivity contribution in [2.45, 2.75) is 6.18 Å². The second kappa shape index (κ2) is 5.30. The van der Waals surface area contributed by atoms with Gasteiger partial charge in [0.2, 0.25) is 0 Å². The topological polar surface area (TPSA) is 17.1 Å². The van der Waals surface area contributed by atoms with E-state index in [4.69, 9.17) is 0 Å². The maximum Gasteiger partial charge on any atom is 0.416 e. The summed E-state index contributed by atoms with van der Waals surface area (Å²) in [6, 6.07) is 15.7. The van der Waals surface area contributed by atoms with E-state index < -0.39 is 11.7 Å². The highest BCUT2D eigenvalue weighted by atomic mass is 19.4. The Morgan fingerprint density at radius 2 is 1.55 bits per heavy atom. The number of fused-ring (bicyclic) bond motifs is 1.